The van der Waals surface area contributed by atoms with Crippen molar-refractivity contribution in [2.24, 2.45) is 0 Å². The van der Waals surface area contributed by atoms with E-state index in [0.717, 1.165) is 39.0 Å². The predicted octanol–water partition coefficient (Wildman–Crippen LogP) is 14.4. The van der Waals surface area contributed by atoms with Crippen LogP contribution in [0.2, 0.25) is 0 Å². The summed E-state index contributed by atoms with van der Waals surface area (Å²) in [4.78, 5) is 2.51. The molecule has 0 N–H and O–H groups in total. The minimum atomic E-state index is -3.01. The quantitative estimate of drug-likeness (QED) is 0.117. The number of furan rings is 1. The van der Waals surface area contributed by atoms with Crippen molar-refractivity contribution in [3.8, 4) is 33.4 Å². The Bertz CT molecular complexity index is 3810. The molecule has 2 nitrogen and oxygen atoms in total. The van der Waals surface area contributed by atoms with Gasteiger partial charge in [-0.3, -0.25) is 0 Å². The van der Waals surface area contributed by atoms with E-state index in [9.17, 15) is 0 Å². The monoisotopic (exact) mass is 907 g/mol. The van der Waals surface area contributed by atoms with Crippen LogP contribution < -0.4 is 25.6 Å². The fourth-order valence-corrected chi connectivity index (χ4v) is 17.2. The lowest BCUT2D eigenvalue weighted by molar-refractivity contribution is 0.668. The van der Waals surface area contributed by atoms with Gasteiger partial charge >= 0.3 is 0 Å². The van der Waals surface area contributed by atoms with Crippen LogP contribution in [0.4, 0.5) is 17.1 Å². The molecule has 328 valence electrons. The Morgan fingerprint density at radius 3 is 1.39 bits per heavy atom. The van der Waals surface area contributed by atoms with Crippen LogP contribution in [0.3, 0.4) is 0 Å². The predicted molar refractivity (Wildman–Crippen MR) is 294 cm³/mol. The first kappa shape index (κ1) is 40.3. The van der Waals surface area contributed by atoms with Crippen LogP contribution in [-0.4, -0.2) is 8.07 Å². The molecule has 0 saturated carbocycles. The number of para-hydroxylation sites is 2. The minimum Gasteiger partial charge on any atom is -0.454 e. The van der Waals surface area contributed by atoms with Crippen molar-refractivity contribution in [1.29, 1.82) is 0 Å². The number of anilines is 3. The second kappa shape index (κ2) is 15.9. The van der Waals surface area contributed by atoms with Gasteiger partial charge in [-0.2, -0.15) is 0 Å². The van der Waals surface area contributed by atoms with Gasteiger partial charge in [0.25, 0.3) is 0 Å². The highest BCUT2D eigenvalue weighted by Gasteiger charge is 2.53. The normalized spacial score (nSPS) is 13.2. The average Bonchev–Trinajstić information content (AvgIpc) is 3.97. The fraction of sp³-hybridized carbons (Fsp3) is 0.0149. The van der Waals surface area contributed by atoms with Crippen LogP contribution >= 0.6 is 0 Å². The molecule has 2 aliphatic rings. The van der Waals surface area contributed by atoms with E-state index in [1.807, 2.05) is 0 Å². The Labute approximate surface area is 409 Å². The maximum atomic E-state index is 6.97. The standard InChI is InChI=1S/C67H45NOSi/c1-5-22-46(23-6-1)52-30-13-14-31-53(52)47-40-42-62-60(44-47)67(58-36-18-15-32-54(58)55-33-16-19-37-59(55)67)61-45-51(41-43-63(61)68(62)64-38-21-35-57-56-34-17-20-39-65(56)69-66(57)64)70(48-24-7-2-8-25-48,49-26-9-3-10-27-49)50-28-11-4-12-29-50/h1-45H. The first-order chi connectivity index (χ1) is 34.7. The molecular weight excluding hydrogens is 863 g/mol. The first-order valence-corrected chi connectivity index (χ1v) is 26.3. The van der Waals surface area contributed by atoms with Crippen molar-refractivity contribution in [1.82, 2.24) is 0 Å². The third-order valence-corrected chi connectivity index (χ3v) is 20.0. The molecule has 12 aromatic rings. The summed E-state index contributed by atoms with van der Waals surface area (Å²) < 4.78 is 6.97. The maximum absolute atomic E-state index is 6.97. The van der Waals surface area contributed by atoms with Gasteiger partial charge in [-0.1, -0.05) is 243 Å². The molecule has 0 amide bonds. The number of nitrogens with zero attached hydrogens (tertiary/aromatic N) is 1. The lowest BCUT2D eigenvalue weighted by Crippen LogP contribution is -2.74. The van der Waals surface area contributed by atoms with Crippen molar-refractivity contribution in [3.63, 3.8) is 0 Å². The van der Waals surface area contributed by atoms with E-state index in [1.54, 1.807) is 0 Å². The molecule has 1 spiro atoms. The zero-order valence-corrected chi connectivity index (χ0v) is 39.3. The summed E-state index contributed by atoms with van der Waals surface area (Å²) in [6.45, 7) is 0. The summed E-state index contributed by atoms with van der Waals surface area (Å²) in [5, 5.41) is 7.56. The van der Waals surface area contributed by atoms with E-state index in [2.05, 4.69) is 278 Å². The Kier molecular flexibility index (Phi) is 9.17. The van der Waals surface area contributed by atoms with Crippen molar-refractivity contribution in [3.05, 3.63) is 295 Å². The third kappa shape index (κ3) is 5.73. The van der Waals surface area contributed by atoms with Gasteiger partial charge in [0, 0.05) is 10.8 Å². The van der Waals surface area contributed by atoms with Crippen LogP contribution in [0.1, 0.15) is 22.3 Å². The molecule has 0 atom stereocenters. The van der Waals surface area contributed by atoms with Gasteiger partial charge in [0.15, 0.2) is 13.7 Å². The largest absolute Gasteiger partial charge is 0.454 e. The van der Waals surface area contributed by atoms with E-state index in [1.165, 1.54) is 76.4 Å². The zero-order valence-electron chi connectivity index (χ0n) is 38.3. The number of fused-ring (bicyclic) bond motifs is 12. The second-order valence-electron chi connectivity index (χ2n) is 18.7. The van der Waals surface area contributed by atoms with Crippen molar-refractivity contribution >= 4 is 67.8 Å². The summed E-state index contributed by atoms with van der Waals surface area (Å²) in [5.74, 6) is 0. The average molecular weight is 908 g/mol. The van der Waals surface area contributed by atoms with Gasteiger partial charge in [-0.25, -0.2) is 0 Å². The number of rotatable bonds is 7. The Balaban J connectivity index is 1.16. The van der Waals surface area contributed by atoms with Crippen molar-refractivity contribution < 1.29 is 4.42 Å². The van der Waals surface area contributed by atoms with Crippen molar-refractivity contribution in [2.75, 3.05) is 4.90 Å². The van der Waals surface area contributed by atoms with Crippen molar-refractivity contribution in [2.45, 2.75) is 5.41 Å². The molecule has 0 radical (unpaired) electrons. The van der Waals surface area contributed by atoms with Gasteiger partial charge in [0.2, 0.25) is 0 Å². The maximum Gasteiger partial charge on any atom is 0.179 e. The smallest absolute Gasteiger partial charge is 0.179 e. The molecule has 1 aromatic heterocycles. The zero-order chi connectivity index (χ0) is 46.2. The Hall–Kier alpha value is -8.76. The lowest BCUT2D eigenvalue weighted by Gasteiger charge is -2.46. The first-order valence-electron chi connectivity index (χ1n) is 24.3. The molecule has 2 heterocycles. The molecule has 1 aliphatic heterocycles. The lowest BCUT2D eigenvalue weighted by atomic mass is 9.64. The number of hydrogen-bond donors (Lipinski definition) is 0. The summed E-state index contributed by atoms with van der Waals surface area (Å²) in [6.07, 6.45) is 0. The molecule has 1 aliphatic carbocycles. The molecule has 0 unspecified atom stereocenters. The van der Waals surface area contributed by atoms with Crippen LogP contribution in [0.15, 0.2) is 277 Å². The van der Waals surface area contributed by atoms with Crippen LogP contribution in [0.5, 0.6) is 0 Å². The van der Waals surface area contributed by atoms with Crippen LogP contribution in [0, 0.1) is 0 Å². The minimum absolute atomic E-state index is 0.714. The molecular formula is C67H45NOSi. The van der Waals surface area contributed by atoms with Crippen LogP contribution in [-0.2, 0) is 5.41 Å². The second-order valence-corrected chi connectivity index (χ2v) is 22.5. The third-order valence-electron chi connectivity index (χ3n) is 15.2. The van der Waals surface area contributed by atoms with Crippen LogP contribution in [0.25, 0.3) is 55.3 Å². The van der Waals surface area contributed by atoms with Gasteiger partial charge in [-0.05, 0) is 107 Å². The van der Waals surface area contributed by atoms with Gasteiger partial charge < -0.3 is 9.32 Å². The SMILES string of the molecule is c1ccc(-c2ccccc2-c2ccc3c(c2)C2(c4ccccc4-c4ccccc42)c2cc([Si](c4ccccc4)(c4ccccc4)c4ccccc4)ccc2N3c2cccc3c2oc2ccccc23)cc1. The van der Waals surface area contributed by atoms with E-state index in [-0.39, 0.29) is 0 Å². The highest BCUT2D eigenvalue weighted by atomic mass is 28.3. The fourth-order valence-electron chi connectivity index (χ4n) is 12.4. The molecule has 0 bridgehead atoms. The Morgan fingerprint density at radius 2 is 0.771 bits per heavy atom. The van der Waals surface area contributed by atoms with E-state index in [0.29, 0.717) is 0 Å². The molecule has 3 heteroatoms. The molecule has 14 rings (SSSR count). The molecule has 0 fully saturated rings. The number of benzene rings is 11. The highest BCUT2D eigenvalue weighted by Crippen LogP contribution is 2.64. The number of hydrogen-bond acceptors (Lipinski definition) is 2. The molecule has 11 aromatic carbocycles. The van der Waals surface area contributed by atoms with E-state index < -0.39 is 13.5 Å². The Morgan fingerprint density at radius 1 is 0.300 bits per heavy atom. The van der Waals surface area contributed by atoms with Gasteiger partial charge in [0.05, 0.1) is 22.5 Å². The summed E-state index contributed by atoms with van der Waals surface area (Å²) in [7, 11) is -3.01. The molecule has 70 heavy (non-hydrogen) atoms. The van der Waals surface area contributed by atoms with E-state index in [4.69, 9.17) is 4.42 Å². The summed E-state index contributed by atoms with van der Waals surface area (Å²) in [5.41, 5.74) is 16.6. The topological polar surface area (TPSA) is 16.4 Å². The summed E-state index contributed by atoms with van der Waals surface area (Å²) >= 11 is 0. The molecule has 0 saturated heterocycles. The van der Waals surface area contributed by atoms with Gasteiger partial charge in [0.1, 0.15) is 5.58 Å². The van der Waals surface area contributed by atoms with E-state index >= 15 is 0 Å². The van der Waals surface area contributed by atoms with Gasteiger partial charge in [-0.15, -0.1) is 0 Å². The summed E-state index contributed by atoms with van der Waals surface area (Å²) in [6, 6.07) is 102. The highest BCUT2D eigenvalue weighted by molar-refractivity contribution is 7.19.